The highest BCUT2D eigenvalue weighted by Crippen LogP contribution is 2.27. The number of carbonyl (C=O) groups excluding carboxylic acids is 2. The van der Waals surface area contributed by atoms with Crippen molar-refractivity contribution >= 4 is 17.5 Å². The maximum atomic E-state index is 12.2. The van der Waals surface area contributed by atoms with Crippen molar-refractivity contribution < 1.29 is 14.0 Å². The molecule has 5 nitrogen and oxygen atoms in total. The van der Waals surface area contributed by atoms with Gasteiger partial charge in [0.05, 0.1) is 6.04 Å². The summed E-state index contributed by atoms with van der Waals surface area (Å²) in [6, 6.07) is 11.4. The van der Waals surface area contributed by atoms with E-state index in [1.807, 2.05) is 50.2 Å². The second-order valence-electron chi connectivity index (χ2n) is 6.32. The molecule has 0 aliphatic carbocycles. The Labute approximate surface area is 141 Å². The first-order chi connectivity index (χ1) is 11.5. The number of anilines is 1. The fourth-order valence-corrected chi connectivity index (χ4v) is 3.02. The van der Waals surface area contributed by atoms with E-state index in [1.54, 1.807) is 0 Å². The number of furan rings is 1. The number of hydrogen-bond acceptors (Lipinski definition) is 3. The lowest BCUT2D eigenvalue weighted by atomic mass is 9.89. The van der Waals surface area contributed by atoms with Crippen LogP contribution in [0.5, 0.6) is 0 Å². The van der Waals surface area contributed by atoms with Crippen LogP contribution in [0.15, 0.2) is 40.8 Å². The molecule has 2 amide bonds. The van der Waals surface area contributed by atoms with Gasteiger partial charge in [0.1, 0.15) is 11.5 Å². The predicted octanol–water partition coefficient (Wildman–Crippen LogP) is 3.36. The maximum Gasteiger partial charge on any atom is 0.227 e. The molecule has 0 bridgehead atoms. The standard InChI is InChI=1S/C19H22N2O3/c1-12-7-9-17(24-12)13(2)20-18(22)10-8-15-11-14-5-3-4-6-16(14)21-19(15)23/h3-7,9,13,15H,8,10-11H2,1-2H3,(H,20,22)(H,21,23). The summed E-state index contributed by atoms with van der Waals surface area (Å²) in [5.41, 5.74) is 2.01. The molecule has 126 valence electrons. The van der Waals surface area contributed by atoms with Gasteiger partial charge < -0.3 is 15.1 Å². The van der Waals surface area contributed by atoms with E-state index >= 15 is 0 Å². The topological polar surface area (TPSA) is 71.3 Å². The Balaban J connectivity index is 1.52. The highest BCUT2D eigenvalue weighted by atomic mass is 16.3. The number of aryl methyl sites for hydroxylation is 1. The molecule has 2 heterocycles. The van der Waals surface area contributed by atoms with Crippen molar-refractivity contribution in [2.75, 3.05) is 5.32 Å². The van der Waals surface area contributed by atoms with Crippen LogP contribution in [-0.4, -0.2) is 11.8 Å². The van der Waals surface area contributed by atoms with Crippen molar-refractivity contribution in [1.29, 1.82) is 0 Å². The van der Waals surface area contributed by atoms with Gasteiger partial charge in [0, 0.05) is 18.0 Å². The smallest absolute Gasteiger partial charge is 0.227 e. The van der Waals surface area contributed by atoms with Gasteiger partial charge in [0.15, 0.2) is 0 Å². The lowest BCUT2D eigenvalue weighted by Gasteiger charge is -2.24. The zero-order valence-electron chi connectivity index (χ0n) is 14.0. The molecular weight excluding hydrogens is 304 g/mol. The molecule has 0 fully saturated rings. The van der Waals surface area contributed by atoms with E-state index in [9.17, 15) is 9.59 Å². The molecule has 1 aliphatic heterocycles. The molecule has 1 aromatic heterocycles. The summed E-state index contributed by atoms with van der Waals surface area (Å²) < 4.78 is 5.52. The third-order valence-corrected chi connectivity index (χ3v) is 4.40. The number of para-hydroxylation sites is 1. The minimum atomic E-state index is -0.174. The first-order valence-corrected chi connectivity index (χ1v) is 8.27. The summed E-state index contributed by atoms with van der Waals surface area (Å²) in [6.45, 7) is 3.76. The Morgan fingerprint density at radius 1 is 1.33 bits per heavy atom. The average Bonchev–Trinajstić information content (AvgIpc) is 2.99. The van der Waals surface area contributed by atoms with Gasteiger partial charge in [-0.2, -0.15) is 0 Å². The number of fused-ring (bicyclic) bond motifs is 1. The van der Waals surface area contributed by atoms with E-state index < -0.39 is 0 Å². The molecule has 0 saturated carbocycles. The minimum absolute atomic E-state index is 0.00351. The second kappa shape index (κ2) is 6.91. The predicted molar refractivity (Wildman–Crippen MR) is 91.5 cm³/mol. The highest BCUT2D eigenvalue weighted by molar-refractivity contribution is 5.96. The summed E-state index contributed by atoms with van der Waals surface area (Å²) in [7, 11) is 0. The van der Waals surface area contributed by atoms with Gasteiger partial charge >= 0.3 is 0 Å². The van der Waals surface area contributed by atoms with Crippen molar-refractivity contribution in [2.45, 2.75) is 39.2 Å². The van der Waals surface area contributed by atoms with E-state index in [0.29, 0.717) is 19.3 Å². The van der Waals surface area contributed by atoms with E-state index in [0.717, 1.165) is 22.8 Å². The van der Waals surface area contributed by atoms with Gasteiger partial charge in [-0.3, -0.25) is 9.59 Å². The number of amides is 2. The zero-order valence-corrected chi connectivity index (χ0v) is 14.0. The summed E-state index contributed by atoms with van der Waals surface area (Å²) in [5.74, 6) is 1.33. The first kappa shape index (κ1) is 16.3. The van der Waals surface area contributed by atoms with E-state index in [2.05, 4.69) is 10.6 Å². The van der Waals surface area contributed by atoms with Gasteiger partial charge in [-0.25, -0.2) is 0 Å². The van der Waals surface area contributed by atoms with Crippen LogP contribution in [0.1, 0.15) is 42.9 Å². The van der Waals surface area contributed by atoms with Crippen LogP contribution >= 0.6 is 0 Å². The number of nitrogens with one attached hydrogen (secondary N) is 2. The summed E-state index contributed by atoms with van der Waals surface area (Å²) in [5, 5.41) is 5.84. The van der Waals surface area contributed by atoms with Crippen LogP contribution in [0.25, 0.3) is 0 Å². The lowest BCUT2D eigenvalue weighted by molar-refractivity contribution is -0.123. The van der Waals surface area contributed by atoms with Crippen molar-refractivity contribution in [2.24, 2.45) is 5.92 Å². The molecule has 2 atom stereocenters. The SMILES string of the molecule is Cc1ccc(C(C)NC(=O)CCC2Cc3ccccc3NC2=O)o1. The average molecular weight is 326 g/mol. The van der Waals surface area contributed by atoms with Gasteiger partial charge in [-0.15, -0.1) is 0 Å². The van der Waals surface area contributed by atoms with Crippen molar-refractivity contribution in [3.8, 4) is 0 Å². The molecule has 24 heavy (non-hydrogen) atoms. The van der Waals surface area contributed by atoms with Crippen LogP contribution in [0.4, 0.5) is 5.69 Å². The molecule has 5 heteroatoms. The maximum absolute atomic E-state index is 12.2. The fraction of sp³-hybridized carbons (Fsp3) is 0.368. The number of carbonyl (C=O) groups is 2. The van der Waals surface area contributed by atoms with Gasteiger partial charge in [-0.1, -0.05) is 18.2 Å². The Morgan fingerprint density at radius 3 is 2.88 bits per heavy atom. The number of hydrogen-bond donors (Lipinski definition) is 2. The fourth-order valence-electron chi connectivity index (χ4n) is 3.02. The van der Waals surface area contributed by atoms with Crippen molar-refractivity contribution in [3.63, 3.8) is 0 Å². The molecule has 1 aromatic carbocycles. The van der Waals surface area contributed by atoms with Crippen molar-refractivity contribution in [3.05, 3.63) is 53.5 Å². The normalized spacial score (nSPS) is 17.8. The zero-order chi connectivity index (χ0) is 17.1. The van der Waals surface area contributed by atoms with Crippen LogP contribution < -0.4 is 10.6 Å². The summed E-state index contributed by atoms with van der Waals surface area (Å²) in [6.07, 6.45) is 1.54. The largest absolute Gasteiger partial charge is 0.464 e. The van der Waals surface area contributed by atoms with Gasteiger partial charge in [-0.05, 0) is 50.5 Å². The van der Waals surface area contributed by atoms with Gasteiger partial charge in [0.2, 0.25) is 11.8 Å². The van der Waals surface area contributed by atoms with E-state index in [4.69, 9.17) is 4.42 Å². The number of rotatable bonds is 5. The molecule has 0 spiro atoms. The van der Waals surface area contributed by atoms with Gasteiger partial charge in [0.25, 0.3) is 0 Å². The van der Waals surface area contributed by atoms with Crippen molar-refractivity contribution in [1.82, 2.24) is 5.32 Å². The molecule has 0 radical (unpaired) electrons. The van der Waals surface area contributed by atoms with Crippen LogP contribution in [0.3, 0.4) is 0 Å². The Hall–Kier alpha value is -2.56. The molecule has 2 aromatic rings. The van der Waals surface area contributed by atoms with E-state index in [1.165, 1.54) is 0 Å². The van der Waals surface area contributed by atoms with Crippen LogP contribution in [0.2, 0.25) is 0 Å². The molecule has 3 rings (SSSR count). The highest BCUT2D eigenvalue weighted by Gasteiger charge is 2.26. The second-order valence-corrected chi connectivity index (χ2v) is 6.32. The number of benzene rings is 1. The summed E-state index contributed by atoms with van der Waals surface area (Å²) >= 11 is 0. The molecule has 2 unspecified atom stereocenters. The Bertz CT molecular complexity index is 751. The Kier molecular flexibility index (Phi) is 4.69. The molecular formula is C19H22N2O3. The third-order valence-electron chi connectivity index (χ3n) is 4.40. The third kappa shape index (κ3) is 3.67. The lowest BCUT2D eigenvalue weighted by Crippen LogP contribution is -2.32. The molecule has 0 saturated heterocycles. The quantitative estimate of drug-likeness (QED) is 0.885. The first-order valence-electron chi connectivity index (χ1n) is 8.27. The van der Waals surface area contributed by atoms with Crippen LogP contribution in [0, 0.1) is 12.8 Å². The molecule has 2 N–H and O–H groups in total. The van der Waals surface area contributed by atoms with Crippen LogP contribution in [-0.2, 0) is 16.0 Å². The monoisotopic (exact) mass is 326 g/mol. The minimum Gasteiger partial charge on any atom is -0.464 e. The Morgan fingerprint density at radius 2 is 2.12 bits per heavy atom. The summed E-state index contributed by atoms with van der Waals surface area (Å²) in [4.78, 5) is 24.3. The van der Waals surface area contributed by atoms with E-state index in [-0.39, 0.29) is 23.8 Å². The molecule has 1 aliphatic rings.